The minimum absolute atomic E-state index is 0.350. The SMILES string of the molecule is CCc1cnc2ncc(-c3ccn4nc(N[C@H]5C[C@H](OC)C5)ncc34)cn12. The molecule has 4 heterocycles. The third kappa shape index (κ3) is 2.73. The Labute approximate surface area is 156 Å². The van der Waals surface area contributed by atoms with Crippen molar-refractivity contribution in [2.45, 2.75) is 38.3 Å². The number of hydrogen-bond acceptors (Lipinski definition) is 6. The van der Waals surface area contributed by atoms with Crippen molar-refractivity contribution in [3.05, 3.63) is 42.7 Å². The molecule has 8 nitrogen and oxygen atoms in total. The van der Waals surface area contributed by atoms with Gasteiger partial charge in [-0.05, 0) is 25.3 Å². The van der Waals surface area contributed by atoms with Gasteiger partial charge in [0.15, 0.2) is 0 Å². The topological polar surface area (TPSA) is 81.6 Å². The third-order valence-electron chi connectivity index (χ3n) is 5.29. The van der Waals surface area contributed by atoms with E-state index in [1.807, 2.05) is 39.8 Å². The smallest absolute Gasteiger partial charge is 0.241 e. The Morgan fingerprint density at radius 2 is 2.04 bits per heavy atom. The second-order valence-corrected chi connectivity index (χ2v) is 6.93. The molecule has 4 aromatic heterocycles. The Morgan fingerprint density at radius 1 is 1.19 bits per heavy atom. The van der Waals surface area contributed by atoms with Gasteiger partial charge < -0.3 is 10.1 Å². The van der Waals surface area contributed by atoms with E-state index in [4.69, 9.17) is 4.74 Å². The summed E-state index contributed by atoms with van der Waals surface area (Å²) in [5, 5.41) is 7.97. The maximum Gasteiger partial charge on any atom is 0.241 e. The molecular formula is C19H21N7O. The number of nitrogens with zero attached hydrogens (tertiary/aromatic N) is 6. The van der Waals surface area contributed by atoms with Crippen molar-refractivity contribution >= 4 is 17.2 Å². The Hall–Kier alpha value is -3.00. The predicted molar refractivity (Wildman–Crippen MR) is 102 cm³/mol. The van der Waals surface area contributed by atoms with Crippen LogP contribution >= 0.6 is 0 Å². The van der Waals surface area contributed by atoms with Gasteiger partial charge >= 0.3 is 0 Å². The standard InChI is InChI=1S/C19H21N7O/c1-3-14-9-22-19-21-8-12(11-25(14)19)16-4-5-26-17(16)10-20-18(24-26)23-13-6-15(7-13)27-2/h4-5,8-11,13,15H,3,6-7H2,1-2H3,(H,23,24)/t13-,15-. The molecule has 0 spiro atoms. The minimum Gasteiger partial charge on any atom is -0.381 e. The monoisotopic (exact) mass is 363 g/mol. The molecule has 0 saturated heterocycles. The molecule has 1 aliphatic rings. The molecule has 27 heavy (non-hydrogen) atoms. The molecule has 1 aliphatic carbocycles. The lowest BCUT2D eigenvalue weighted by atomic mass is 9.89. The van der Waals surface area contributed by atoms with Crippen molar-refractivity contribution in [3.8, 4) is 11.1 Å². The second kappa shape index (κ2) is 6.31. The van der Waals surface area contributed by atoms with E-state index < -0.39 is 0 Å². The number of hydrogen-bond donors (Lipinski definition) is 1. The fourth-order valence-corrected chi connectivity index (χ4v) is 3.59. The summed E-state index contributed by atoms with van der Waals surface area (Å²) in [6.07, 6.45) is 12.9. The van der Waals surface area contributed by atoms with Crippen LogP contribution in [-0.4, -0.2) is 48.2 Å². The number of nitrogens with one attached hydrogen (secondary N) is 1. The van der Waals surface area contributed by atoms with E-state index in [0.717, 1.165) is 47.4 Å². The highest BCUT2D eigenvalue weighted by molar-refractivity contribution is 5.79. The molecule has 0 unspecified atom stereocenters. The third-order valence-corrected chi connectivity index (χ3v) is 5.29. The summed E-state index contributed by atoms with van der Waals surface area (Å²) in [6, 6.07) is 2.42. The van der Waals surface area contributed by atoms with Gasteiger partial charge in [0, 0.05) is 48.6 Å². The van der Waals surface area contributed by atoms with E-state index in [1.54, 1.807) is 7.11 Å². The van der Waals surface area contributed by atoms with E-state index in [1.165, 1.54) is 0 Å². The highest BCUT2D eigenvalue weighted by Crippen LogP contribution is 2.27. The molecule has 8 heteroatoms. The maximum absolute atomic E-state index is 5.32. The Morgan fingerprint density at radius 3 is 2.85 bits per heavy atom. The van der Waals surface area contributed by atoms with Crippen LogP contribution in [0.5, 0.6) is 0 Å². The van der Waals surface area contributed by atoms with Crippen LogP contribution in [0.4, 0.5) is 5.95 Å². The van der Waals surface area contributed by atoms with Gasteiger partial charge in [0.05, 0.1) is 24.0 Å². The van der Waals surface area contributed by atoms with Crippen LogP contribution < -0.4 is 5.32 Å². The quantitative estimate of drug-likeness (QED) is 0.587. The van der Waals surface area contributed by atoms with Crippen LogP contribution in [0.1, 0.15) is 25.5 Å². The van der Waals surface area contributed by atoms with Crippen LogP contribution in [0.25, 0.3) is 22.4 Å². The number of fused-ring (bicyclic) bond motifs is 2. The summed E-state index contributed by atoms with van der Waals surface area (Å²) in [5.74, 6) is 1.36. The van der Waals surface area contributed by atoms with E-state index in [0.29, 0.717) is 18.1 Å². The fraction of sp³-hybridized carbons (Fsp3) is 0.368. The number of ether oxygens (including phenoxy) is 1. The Kier molecular flexibility index (Phi) is 3.78. The first-order valence-corrected chi connectivity index (χ1v) is 9.21. The molecule has 0 radical (unpaired) electrons. The molecule has 1 N–H and O–H groups in total. The van der Waals surface area contributed by atoms with Crippen molar-refractivity contribution in [1.29, 1.82) is 0 Å². The number of anilines is 1. The van der Waals surface area contributed by atoms with Crippen LogP contribution in [0.15, 0.2) is 37.1 Å². The lowest BCUT2D eigenvalue weighted by molar-refractivity contribution is 0.0326. The van der Waals surface area contributed by atoms with Crippen molar-refractivity contribution in [1.82, 2.24) is 29.0 Å². The van der Waals surface area contributed by atoms with Gasteiger partial charge in [0.25, 0.3) is 0 Å². The highest BCUT2D eigenvalue weighted by atomic mass is 16.5. The van der Waals surface area contributed by atoms with E-state index in [9.17, 15) is 0 Å². The van der Waals surface area contributed by atoms with Gasteiger partial charge in [-0.3, -0.25) is 4.40 Å². The van der Waals surface area contributed by atoms with E-state index >= 15 is 0 Å². The van der Waals surface area contributed by atoms with Gasteiger partial charge in [-0.15, -0.1) is 5.10 Å². The van der Waals surface area contributed by atoms with Crippen molar-refractivity contribution in [2.75, 3.05) is 12.4 Å². The fourth-order valence-electron chi connectivity index (χ4n) is 3.59. The largest absolute Gasteiger partial charge is 0.381 e. The van der Waals surface area contributed by atoms with E-state index in [-0.39, 0.29) is 0 Å². The summed E-state index contributed by atoms with van der Waals surface area (Å²) in [6.45, 7) is 2.11. The molecule has 5 rings (SSSR count). The van der Waals surface area contributed by atoms with Crippen LogP contribution in [-0.2, 0) is 11.2 Å². The Bertz CT molecular complexity index is 1110. The number of methoxy groups -OCH3 is 1. The van der Waals surface area contributed by atoms with E-state index in [2.05, 4.69) is 38.5 Å². The normalized spacial score (nSPS) is 19.5. The number of rotatable bonds is 5. The van der Waals surface area contributed by atoms with Crippen LogP contribution in [0.3, 0.4) is 0 Å². The minimum atomic E-state index is 0.350. The molecular weight excluding hydrogens is 342 g/mol. The molecule has 0 bridgehead atoms. The average Bonchev–Trinajstić information content (AvgIpc) is 3.27. The molecule has 4 aromatic rings. The molecule has 0 aromatic carbocycles. The molecule has 1 saturated carbocycles. The highest BCUT2D eigenvalue weighted by Gasteiger charge is 2.29. The van der Waals surface area contributed by atoms with Gasteiger partial charge in [0.2, 0.25) is 11.7 Å². The zero-order valence-electron chi connectivity index (χ0n) is 15.3. The van der Waals surface area contributed by atoms with Crippen LogP contribution in [0.2, 0.25) is 0 Å². The van der Waals surface area contributed by atoms with Crippen LogP contribution in [0, 0.1) is 0 Å². The summed E-state index contributed by atoms with van der Waals surface area (Å²) in [5.41, 5.74) is 4.16. The summed E-state index contributed by atoms with van der Waals surface area (Å²) < 4.78 is 9.22. The second-order valence-electron chi connectivity index (χ2n) is 6.93. The number of imidazole rings is 1. The zero-order valence-corrected chi connectivity index (χ0v) is 15.3. The Balaban J connectivity index is 1.46. The van der Waals surface area contributed by atoms with Gasteiger partial charge in [0.1, 0.15) is 0 Å². The number of aromatic nitrogens is 6. The van der Waals surface area contributed by atoms with Gasteiger partial charge in [-0.1, -0.05) is 6.92 Å². The van der Waals surface area contributed by atoms with Gasteiger partial charge in [-0.25, -0.2) is 19.5 Å². The lowest BCUT2D eigenvalue weighted by Gasteiger charge is -2.34. The molecule has 0 aliphatic heterocycles. The molecule has 138 valence electrons. The molecule has 0 atom stereocenters. The first-order chi connectivity index (χ1) is 13.2. The first kappa shape index (κ1) is 16.2. The maximum atomic E-state index is 5.32. The number of aryl methyl sites for hydroxylation is 1. The van der Waals surface area contributed by atoms with Crippen molar-refractivity contribution in [3.63, 3.8) is 0 Å². The predicted octanol–water partition coefficient (Wildman–Crippen LogP) is 2.59. The molecule has 1 fully saturated rings. The van der Waals surface area contributed by atoms with Crippen molar-refractivity contribution < 1.29 is 4.74 Å². The molecule has 0 amide bonds. The van der Waals surface area contributed by atoms with Gasteiger partial charge in [-0.2, -0.15) is 0 Å². The summed E-state index contributed by atoms with van der Waals surface area (Å²) in [4.78, 5) is 13.3. The van der Waals surface area contributed by atoms with Crippen molar-refractivity contribution in [2.24, 2.45) is 0 Å². The zero-order chi connectivity index (χ0) is 18.4. The summed E-state index contributed by atoms with van der Waals surface area (Å²) >= 11 is 0. The first-order valence-electron chi connectivity index (χ1n) is 9.21. The summed E-state index contributed by atoms with van der Waals surface area (Å²) in [7, 11) is 1.75. The average molecular weight is 363 g/mol. The lowest BCUT2D eigenvalue weighted by Crippen LogP contribution is -2.40.